The number of nitrogens with one attached hydrogen (secondary N) is 2. The number of anilines is 1. The number of halogens is 2. The van der Waals surface area contributed by atoms with Crippen LogP contribution < -0.4 is 10.6 Å². The standard InChI is InChI=1S/C14H20BrFN2O2/c1-9(19)7-14(2,3)8-17-13(20)18-12-6-10(16)4-5-11(12)15/h4-6,9,19H,7-8H2,1-3H3,(H2,17,18,20). The van der Waals surface area contributed by atoms with Crippen LogP contribution in [-0.2, 0) is 0 Å². The van der Waals surface area contributed by atoms with Crippen LogP contribution in [0.1, 0.15) is 27.2 Å². The summed E-state index contributed by atoms with van der Waals surface area (Å²) in [6.07, 6.45) is 0.156. The third kappa shape index (κ3) is 5.88. The van der Waals surface area contributed by atoms with Gasteiger partial charge in [-0.25, -0.2) is 9.18 Å². The Labute approximate surface area is 126 Å². The van der Waals surface area contributed by atoms with Gasteiger partial charge in [-0.05, 0) is 52.9 Å². The Morgan fingerprint density at radius 2 is 2.15 bits per heavy atom. The van der Waals surface area contributed by atoms with Crippen LogP contribution in [0.4, 0.5) is 14.9 Å². The summed E-state index contributed by atoms with van der Waals surface area (Å²) >= 11 is 3.24. The molecule has 3 N–H and O–H groups in total. The zero-order chi connectivity index (χ0) is 15.3. The second-order valence-electron chi connectivity index (χ2n) is 5.65. The van der Waals surface area contributed by atoms with E-state index in [1.54, 1.807) is 6.92 Å². The third-order valence-electron chi connectivity index (χ3n) is 2.75. The molecule has 0 fully saturated rings. The van der Waals surface area contributed by atoms with Crippen molar-refractivity contribution in [3.63, 3.8) is 0 Å². The Kier molecular flexibility index (Phi) is 5.95. The monoisotopic (exact) mass is 346 g/mol. The number of aliphatic hydroxyl groups is 1. The van der Waals surface area contributed by atoms with Gasteiger partial charge in [0.25, 0.3) is 0 Å². The van der Waals surface area contributed by atoms with Gasteiger partial charge < -0.3 is 15.7 Å². The summed E-state index contributed by atoms with van der Waals surface area (Å²) in [6, 6.07) is 3.67. The van der Waals surface area contributed by atoms with E-state index in [0.29, 0.717) is 23.1 Å². The summed E-state index contributed by atoms with van der Waals surface area (Å²) in [6.45, 7) is 6.04. The van der Waals surface area contributed by atoms with Gasteiger partial charge in [0.15, 0.2) is 0 Å². The molecule has 0 saturated carbocycles. The van der Waals surface area contributed by atoms with Gasteiger partial charge in [-0.3, -0.25) is 0 Å². The van der Waals surface area contributed by atoms with E-state index in [1.165, 1.54) is 18.2 Å². The normalized spacial score (nSPS) is 12.9. The third-order valence-corrected chi connectivity index (χ3v) is 3.44. The minimum Gasteiger partial charge on any atom is -0.393 e. The minimum absolute atomic E-state index is 0.218. The van der Waals surface area contributed by atoms with Crippen LogP contribution in [-0.4, -0.2) is 23.8 Å². The molecule has 6 heteroatoms. The predicted molar refractivity (Wildman–Crippen MR) is 81.2 cm³/mol. The molecule has 0 saturated heterocycles. The molecule has 112 valence electrons. The average molecular weight is 347 g/mol. The molecule has 1 aromatic carbocycles. The lowest BCUT2D eigenvalue weighted by molar-refractivity contribution is 0.129. The van der Waals surface area contributed by atoms with E-state index in [2.05, 4.69) is 26.6 Å². The maximum Gasteiger partial charge on any atom is 0.319 e. The number of carbonyl (C=O) groups is 1. The minimum atomic E-state index is -0.424. The van der Waals surface area contributed by atoms with Gasteiger partial charge >= 0.3 is 6.03 Å². The quantitative estimate of drug-likeness (QED) is 0.763. The first-order chi connectivity index (χ1) is 9.19. The molecule has 0 aliphatic heterocycles. The molecule has 1 atom stereocenters. The molecule has 1 rings (SSSR count). The topological polar surface area (TPSA) is 61.4 Å². The lowest BCUT2D eigenvalue weighted by atomic mass is 9.87. The van der Waals surface area contributed by atoms with Crippen LogP contribution in [0.25, 0.3) is 0 Å². The van der Waals surface area contributed by atoms with Crippen molar-refractivity contribution in [3.05, 3.63) is 28.5 Å². The van der Waals surface area contributed by atoms with Crippen molar-refractivity contribution >= 4 is 27.6 Å². The Balaban J connectivity index is 2.54. The van der Waals surface area contributed by atoms with E-state index in [9.17, 15) is 14.3 Å². The molecule has 0 spiro atoms. The van der Waals surface area contributed by atoms with Crippen LogP contribution in [0.5, 0.6) is 0 Å². The fraction of sp³-hybridized carbons (Fsp3) is 0.500. The number of hydrogen-bond donors (Lipinski definition) is 3. The van der Waals surface area contributed by atoms with E-state index in [0.717, 1.165) is 0 Å². The predicted octanol–water partition coefficient (Wildman–Crippen LogP) is 3.51. The van der Waals surface area contributed by atoms with Gasteiger partial charge in [0, 0.05) is 11.0 Å². The largest absolute Gasteiger partial charge is 0.393 e. The summed E-state index contributed by atoms with van der Waals surface area (Å²) in [5.74, 6) is -0.419. The molecule has 1 aromatic rings. The highest BCUT2D eigenvalue weighted by Gasteiger charge is 2.21. The maximum absolute atomic E-state index is 13.1. The van der Waals surface area contributed by atoms with Crippen molar-refractivity contribution < 1.29 is 14.3 Å². The second kappa shape index (κ2) is 7.04. The lowest BCUT2D eigenvalue weighted by Crippen LogP contribution is -2.38. The molecule has 0 heterocycles. The van der Waals surface area contributed by atoms with Gasteiger partial charge in [0.05, 0.1) is 11.8 Å². The molecule has 0 aliphatic rings. The summed E-state index contributed by atoms with van der Waals surface area (Å²) in [4.78, 5) is 11.8. The van der Waals surface area contributed by atoms with Gasteiger partial charge in [-0.2, -0.15) is 0 Å². The van der Waals surface area contributed by atoms with Crippen LogP contribution in [0.15, 0.2) is 22.7 Å². The fourth-order valence-electron chi connectivity index (χ4n) is 1.95. The van der Waals surface area contributed by atoms with Gasteiger partial charge in [0.1, 0.15) is 5.82 Å². The number of amides is 2. The summed E-state index contributed by atoms with van der Waals surface area (Å²) in [5.41, 5.74) is 0.154. The Morgan fingerprint density at radius 3 is 2.75 bits per heavy atom. The first-order valence-electron chi connectivity index (χ1n) is 6.37. The molecule has 4 nitrogen and oxygen atoms in total. The lowest BCUT2D eigenvalue weighted by Gasteiger charge is -2.26. The molecule has 1 unspecified atom stereocenters. The van der Waals surface area contributed by atoms with Crippen LogP contribution in [0.3, 0.4) is 0 Å². The Hall–Kier alpha value is -1.14. The van der Waals surface area contributed by atoms with Crippen molar-refractivity contribution in [1.29, 1.82) is 0 Å². The van der Waals surface area contributed by atoms with Crippen molar-refractivity contribution in [2.24, 2.45) is 5.41 Å². The van der Waals surface area contributed by atoms with Crippen molar-refractivity contribution in [3.8, 4) is 0 Å². The smallest absolute Gasteiger partial charge is 0.319 e. The summed E-state index contributed by atoms with van der Waals surface area (Å²) in [7, 11) is 0. The van der Waals surface area contributed by atoms with Crippen LogP contribution in [0.2, 0.25) is 0 Å². The molecule has 0 aliphatic carbocycles. The Bertz CT molecular complexity index is 478. The first kappa shape index (κ1) is 16.9. The number of rotatable bonds is 5. The highest BCUT2D eigenvalue weighted by Crippen LogP contribution is 2.23. The Morgan fingerprint density at radius 1 is 1.50 bits per heavy atom. The number of hydrogen-bond acceptors (Lipinski definition) is 2. The van der Waals surface area contributed by atoms with Gasteiger partial charge in [0.2, 0.25) is 0 Å². The molecule has 0 radical (unpaired) electrons. The van der Waals surface area contributed by atoms with Crippen molar-refractivity contribution in [2.75, 3.05) is 11.9 Å². The molecule has 20 heavy (non-hydrogen) atoms. The number of urea groups is 1. The van der Waals surface area contributed by atoms with Gasteiger partial charge in [-0.1, -0.05) is 13.8 Å². The highest BCUT2D eigenvalue weighted by atomic mass is 79.9. The highest BCUT2D eigenvalue weighted by molar-refractivity contribution is 9.10. The number of benzene rings is 1. The second-order valence-corrected chi connectivity index (χ2v) is 6.50. The molecule has 0 aromatic heterocycles. The van der Waals surface area contributed by atoms with E-state index >= 15 is 0 Å². The summed E-state index contributed by atoms with van der Waals surface area (Å²) < 4.78 is 13.7. The summed E-state index contributed by atoms with van der Waals surface area (Å²) in [5, 5.41) is 14.7. The zero-order valence-corrected chi connectivity index (χ0v) is 13.4. The van der Waals surface area contributed by atoms with E-state index in [-0.39, 0.29) is 5.41 Å². The van der Waals surface area contributed by atoms with E-state index in [4.69, 9.17) is 0 Å². The van der Waals surface area contributed by atoms with Gasteiger partial charge in [-0.15, -0.1) is 0 Å². The van der Waals surface area contributed by atoms with E-state index in [1.807, 2.05) is 13.8 Å². The average Bonchev–Trinajstić information content (AvgIpc) is 2.30. The zero-order valence-electron chi connectivity index (χ0n) is 11.8. The van der Waals surface area contributed by atoms with Crippen molar-refractivity contribution in [2.45, 2.75) is 33.3 Å². The fourth-order valence-corrected chi connectivity index (χ4v) is 2.30. The molecule has 0 bridgehead atoms. The van der Waals surface area contributed by atoms with Crippen LogP contribution in [0, 0.1) is 11.2 Å². The SMILES string of the molecule is CC(O)CC(C)(C)CNC(=O)Nc1cc(F)ccc1Br. The van der Waals surface area contributed by atoms with Crippen molar-refractivity contribution in [1.82, 2.24) is 5.32 Å². The first-order valence-corrected chi connectivity index (χ1v) is 7.17. The van der Waals surface area contributed by atoms with Crippen LogP contribution >= 0.6 is 15.9 Å². The number of aliphatic hydroxyl groups excluding tert-OH is 1. The number of carbonyl (C=O) groups excluding carboxylic acids is 1. The molecule has 2 amide bonds. The maximum atomic E-state index is 13.1. The molecular weight excluding hydrogens is 327 g/mol. The van der Waals surface area contributed by atoms with E-state index < -0.39 is 18.0 Å². The molecular formula is C14H20BrFN2O2.